The topological polar surface area (TPSA) is 110 Å². The molecule has 2 atom stereocenters. The maximum Gasteiger partial charge on any atom is 0.269 e. The van der Waals surface area contributed by atoms with Gasteiger partial charge in [0.1, 0.15) is 5.75 Å². The number of nitro groups is 1. The van der Waals surface area contributed by atoms with Gasteiger partial charge in [-0.2, -0.15) is 4.31 Å². The Bertz CT molecular complexity index is 1010. The first-order chi connectivity index (χ1) is 14.5. The van der Waals surface area contributed by atoms with E-state index in [1.165, 1.54) is 28.6 Å². The van der Waals surface area contributed by atoms with Gasteiger partial charge in [0.15, 0.2) is 0 Å². The molecular formula is C22H28N2O6S. The number of nitrogens with zero attached hydrogens (tertiary/aromatic N) is 2. The lowest BCUT2D eigenvalue weighted by atomic mass is 9.77. The van der Waals surface area contributed by atoms with Crippen LogP contribution in [0, 0.1) is 16.0 Å². The van der Waals surface area contributed by atoms with Gasteiger partial charge in [0, 0.05) is 30.6 Å². The van der Waals surface area contributed by atoms with Crippen molar-refractivity contribution in [1.82, 2.24) is 4.31 Å². The standard InChI is InChI=1S/C22H28N2O6S/c1-22(2,25)20-5-4-14-23(21(20)15-16-6-10-18(30-3)11-7-16)31(28,29)19-12-8-17(9-13-19)24(26)27/h6-13,20-21,25H,4-5,14-15H2,1-3H3/t20-,21-/m1/s1. The van der Waals surface area contributed by atoms with Crippen molar-refractivity contribution in [2.24, 2.45) is 5.92 Å². The van der Waals surface area contributed by atoms with E-state index in [9.17, 15) is 23.6 Å². The zero-order valence-corrected chi connectivity index (χ0v) is 18.7. The van der Waals surface area contributed by atoms with Crippen LogP contribution in [-0.4, -0.2) is 48.1 Å². The third kappa shape index (κ3) is 5.06. The van der Waals surface area contributed by atoms with Crippen molar-refractivity contribution in [3.05, 3.63) is 64.2 Å². The van der Waals surface area contributed by atoms with Crippen molar-refractivity contribution in [2.75, 3.05) is 13.7 Å². The second-order valence-corrected chi connectivity index (χ2v) is 10.3. The largest absolute Gasteiger partial charge is 0.497 e. The number of benzene rings is 2. The molecule has 1 fully saturated rings. The Labute approximate surface area is 182 Å². The summed E-state index contributed by atoms with van der Waals surface area (Å²) in [5, 5.41) is 21.7. The summed E-state index contributed by atoms with van der Waals surface area (Å²) in [6.45, 7) is 3.74. The van der Waals surface area contributed by atoms with E-state index in [0.29, 0.717) is 31.6 Å². The SMILES string of the molecule is COc1ccc(C[C@@H]2[C@H](C(C)(C)O)CCCN2S(=O)(=O)c2ccc([N+](=O)[O-])cc2)cc1. The third-order valence-electron chi connectivity index (χ3n) is 5.89. The van der Waals surface area contributed by atoms with Crippen LogP contribution in [0.15, 0.2) is 53.4 Å². The fraction of sp³-hybridized carbons (Fsp3) is 0.455. The fourth-order valence-corrected chi connectivity index (χ4v) is 5.97. The van der Waals surface area contributed by atoms with E-state index in [1.807, 2.05) is 24.3 Å². The maximum absolute atomic E-state index is 13.5. The second kappa shape index (κ2) is 8.94. The zero-order valence-electron chi connectivity index (χ0n) is 17.9. The van der Waals surface area contributed by atoms with Crippen LogP contribution < -0.4 is 4.74 Å². The Morgan fingerprint density at radius 2 is 1.77 bits per heavy atom. The first kappa shape index (κ1) is 23.2. The predicted octanol–water partition coefficient (Wildman–Crippen LogP) is 3.39. The quantitative estimate of drug-likeness (QED) is 0.514. The molecule has 3 rings (SSSR count). The van der Waals surface area contributed by atoms with Gasteiger partial charge in [0.2, 0.25) is 10.0 Å². The molecule has 1 saturated heterocycles. The summed E-state index contributed by atoms with van der Waals surface area (Å²) < 4.78 is 33.6. The van der Waals surface area contributed by atoms with Gasteiger partial charge in [0.25, 0.3) is 5.69 Å². The second-order valence-electron chi connectivity index (χ2n) is 8.39. The summed E-state index contributed by atoms with van der Waals surface area (Å²) >= 11 is 0. The van der Waals surface area contributed by atoms with Crippen LogP contribution in [0.25, 0.3) is 0 Å². The highest BCUT2D eigenvalue weighted by molar-refractivity contribution is 7.89. The van der Waals surface area contributed by atoms with Crippen LogP contribution >= 0.6 is 0 Å². The summed E-state index contributed by atoms with van der Waals surface area (Å²) in [6, 6.07) is 11.9. The van der Waals surface area contributed by atoms with Crippen molar-refractivity contribution >= 4 is 15.7 Å². The highest BCUT2D eigenvalue weighted by atomic mass is 32.2. The number of non-ortho nitro benzene ring substituents is 1. The van der Waals surface area contributed by atoms with Crippen LogP contribution in [0.2, 0.25) is 0 Å². The van der Waals surface area contributed by atoms with Crippen LogP contribution in [-0.2, 0) is 16.4 Å². The van der Waals surface area contributed by atoms with Crippen LogP contribution in [0.4, 0.5) is 5.69 Å². The maximum atomic E-state index is 13.5. The molecule has 0 spiro atoms. The van der Waals surface area contributed by atoms with Gasteiger partial charge in [-0.25, -0.2) is 8.42 Å². The summed E-state index contributed by atoms with van der Waals surface area (Å²) in [6.07, 6.45) is 1.77. The van der Waals surface area contributed by atoms with Gasteiger partial charge >= 0.3 is 0 Å². The summed E-state index contributed by atoms with van der Waals surface area (Å²) in [5.74, 6) is 0.443. The monoisotopic (exact) mass is 448 g/mol. The highest BCUT2D eigenvalue weighted by Crippen LogP contribution is 2.37. The smallest absolute Gasteiger partial charge is 0.269 e. The first-order valence-electron chi connectivity index (χ1n) is 10.2. The molecule has 168 valence electrons. The van der Waals surface area contributed by atoms with Gasteiger partial charge in [-0.05, 0) is 62.9 Å². The van der Waals surface area contributed by atoms with Gasteiger partial charge in [-0.1, -0.05) is 12.1 Å². The third-order valence-corrected chi connectivity index (χ3v) is 7.83. The molecule has 0 aliphatic carbocycles. The van der Waals surface area contributed by atoms with Crippen molar-refractivity contribution in [3.63, 3.8) is 0 Å². The average Bonchev–Trinajstić information content (AvgIpc) is 2.73. The number of sulfonamides is 1. The van der Waals surface area contributed by atoms with E-state index in [-0.39, 0.29) is 16.5 Å². The summed E-state index contributed by atoms with van der Waals surface area (Å²) in [5.41, 5.74) is -0.298. The summed E-state index contributed by atoms with van der Waals surface area (Å²) in [4.78, 5) is 10.4. The lowest BCUT2D eigenvalue weighted by Gasteiger charge is -2.45. The molecule has 1 aliphatic heterocycles. The molecule has 1 heterocycles. The molecule has 0 saturated carbocycles. The van der Waals surface area contributed by atoms with E-state index in [4.69, 9.17) is 4.74 Å². The Morgan fingerprint density at radius 1 is 1.16 bits per heavy atom. The molecule has 0 unspecified atom stereocenters. The first-order valence-corrected chi connectivity index (χ1v) is 11.6. The molecule has 1 N–H and O–H groups in total. The minimum atomic E-state index is -3.90. The van der Waals surface area contributed by atoms with E-state index in [1.54, 1.807) is 21.0 Å². The lowest BCUT2D eigenvalue weighted by Crippen LogP contribution is -2.55. The molecule has 31 heavy (non-hydrogen) atoms. The normalized spacial score (nSPS) is 20.4. The molecule has 2 aromatic carbocycles. The van der Waals surface area contributed by atoms with Crippen LogP contribution in [0.5, 0.6) is 5.75 Å². The number of hydrogen-bond acceptors (Lipinski definition) is 6. The minimum absolute atomic E-state index is 0.00854. The molecule has 2 aromatic rings. The van der Waals surface area contributed by atoms with E-state index < -0.39 is 26.6 Å². The number of ether oxygens (including phenoxy) is 1. The highest BCUT2D eigenvalue weighted by Gasteiger charge is 2.44. The fourth-order valence-electron chi connectivity index (χ4n) is 4.27. The van der Waals surface area contributed by atoms with E-state index in [2.05, 4.69) is 0 Å². The van der Waals surface area contributed by atoms with Gasteiger partial charge in [0.05, 0.1) is 22.5 Å². The molecule has 0 radical (unpaired) electrons. The van der Waals surface area contributed by atoms with Gasteiger partial charge in [-0.15, -0.1) is 0 Å². The molecule has 0 aromatic heterocycles. The number of hydrogen-bond donors (Lipinski definition) is 1. The summed E-state index contributed by atoms with van der Waals surface area (Å²) in [7, 11) is -2.32. The Kier molecular flexibility index (Phi) is 6.68. The van der Waals surface area contributed by atoms with Gasteiger partial charge in [-0.3, -0.25) is 10.1 Å². The van der Waals surface area contributed by atoms with Crippen LogP contribution in [0.3, 0.4) is 0 Å². The Balaban J connectivity index is 1.98. The van der Waals surface area contributed by atoms with Crippen LogP contribution in [0.1, 0.15) is 32.3 Å². The lowest BCUT2D eigenvalue weighted by molar-refractivity contribution is -0.384. The number of rotatable bonds is 7. The molecule has 9 heteroatoms. The number of methoxy groups -OCH3 is 1. The predicted molar refractivity (Wildman–Crippen MR) is 116 cm³/mol. The Morgan fingerprint density at radius 3 is 2.29 bits per heavy atom. The zero-order chi connectivity index (χ0) is 22.8. The van der Waals surface area contributed by atoms with Crippen molar-refractivity contribution in [1.29, 1.82) is 0 Å². The van der Waals surface area contributed by atoms with E-state index in [0.717, 1.165) is 5.56 Å². The molecule has 0 amide bonds. The molecular weight excluding hydrogens is 420 g/mol. The van der Waals surface area contributed by atoms with Crippen molar-refractivity contribution in [2.45, 2.75) is 49.6 Å². The number of piperidine rings is 1. The number of nitro benzene ring substituents is 1. The molecule has 1 aliphatic rings. The minimum Gasteiger partial charge on any atom is -0.497 e. The van der Waals surface area contributed by atoms with Gasteiger partial charge < -0.3 is 9.84 Å². The average molecular weight is 449 g/mol. The van der Waals surface area contributed by atoms with Crippen molar-refractivity contribution in [3.8, 4) is 5.75 Å². The number of aliphatic hydroxyl groups is 1. The molecule has 0 bridgehead atoms. The Hall–Kier alpha value is -2.49. The van der Waals surface area contributed by atoms with E-state index >= 15 is 0 Å². The van der Waals surface area contributed by atoms with Crippen molar-refractivity contribution < 1.29 is 23.2 Å². The molecule has 8 nitrogen and oxygen atoms in total.